The fourth-order valence-corrected chi connectivity index (χ4v) is 5.26. The molecular formula is C33H21N. The average molecular weight is 432 g/mol. The fraction of sp³-hybridized carbons (Fsp3) is 0. The highest BCUT2D eigenvalue weighted by atomic mass is 14.7. The van der Waals surface area contributed by atoms with Gasteiger partial charge in [-0.1, -0.05) is 115 Å². The molecule has 1 heterocycles. The first-order chi connectivity index (χ1) is 16.9. The summed E-state index contributed by atoms with van der Waals surface area (Å²) in [4.78, 5) is 5.11. The lowest BCUT2D eigenvalue weighted by atomic mass is 9.91. The molecule has 0 atom stereocenters. The molecule has 0 aliphatic carbocycles. The zero-order chi connectivity index (χ0) is 22.5. The van der Waals surface area contributed by atoms with Gasteiger partial charge in [-0.05, 0) is 45.0 Å². The van der Waals surface area contributed by atoms with Crippen LogP contribution >= 0.6 is 0 Å². The van der Waals surface area contributed by atoms with E-state index in [4.69, 9.17) is 4.98 Å². The van der Waals surface area contributed by atoms with Crippen LogP contribution in [0.15, 0.2) is 127 Å². The van der Waals surface area contributed by atoms with E-state index in [1.54, 1.807) is 0 Å². The van der Waals surface area contributed by atoms with Crippen LogP contribution in [0.3, 0.4) is 0 Å². The first kappa shape index (κ1) is 19.0. The van der Waals surface area contributed by atoms with E-state index in [0.29, 0.717) is 0 Å². The summed E-state index contributed by atoms with van der Waals surface area (Å²) >= 11 is 0. The number of pyridine rings is 1. The lowest BCUT2D eigenvalue weighted by Gasteiger charge is -2.14. The highest BCUT2D eigenvalue weighted by molar-refractivity contribution is 6.17. The smallest absolute Gasteiger partial charge is 0.0794 e. The topological polar surface area (TPSA) is 12.9 Å². The van der Waals surface area contributed by atoms with Crippen molar-refractivity contribution < 1.29 is 0 Å². The van der Waals surface area contributed by atoms with Crippen molar-refractivity contribution >= 4 is 43.4 Å². The minimum atomic E-state index is 1.02. The Morgan fingerprint density at radius 3 is 1.94 bits per heavy atom. The second-order valence-corrected chi connectivity index (χ2v) is 8.79. The van der Waals surface area contributed by atoms with Gasteiger partial charge in [0.15, 0.2) is 0 Å². The van der Waals surface area contributed by atoms with E-state index < -0.39 is 0 Å². The summed E-state index contributed by atoms with van der Waals surface area (Å²) in [6.07, 6.45) is 0. The molecule has 7 rings (SSSR count). The van der Waals surface area contributed by atoms with E-state index in [0.717, 1.165) is 11.0 Å². The van der Waals surface area contributed by atoms with E-state index in [2.05, 4.69) is 127 Å². The van der Waals surface area contributed by atoms with Gasteiger partial charge in [-0.2, -0.15) is 0 Å². The molecule has 0 spiro atoms. The Labute approximate surface area is 197 Å². The highest BCUT2D eigenvalue weighted by Gasteiger charge is 2.14. The lowest BCUT2D eigenvalue weighted by Crippen LogP contribution is -1.91. The molecule has 0 aliphatic rings. The van der Waals surface area contributed by atoms with Crippen molar-refractivity contribution in [3.63, 3.8) is 0 Å². The van der Waals surface area contributed by atoms with E-state index >= 15 is 0 Å². The third kappa shape index (κ3) is 2.91. The summed E-state index contributed by atoms with van der Waals surface area (Å²) < 4.78 is 0. The molecular weight excluding hydrogens is 410 g/mol. The Hall–Kier alpha value is -4.49. The van der Waals surface area contributed by atoms with Gasteiger partial charge < -0.3 is 0 Å². The maximum absolute atomic E-state index is 5.11. The minimum Gasteiger partial charge on any atom is -0.247 e. The Morgan fingerprint density at radius 1 is 0.412 bits per heavy atom. The molecule has 1 nitrogen and oxygen atoms in total. The monoisotopic (exact) mass is 431 g/mol. The second-order valence-electron chi connectivity index (χ2n) is 8.79. The van der Waals surface area contributed by atoms with Gasteiger partial charge in [0.05, 0.1) is 11.0 Å². The van der Waals surface area contributed by atoms with Crippen LogP contribution in [0.25, 0.3) is 65.6 Å². The highest BCUT2D eigenvalue weighted by Crippen LogP contribution is 2.39. The maximum atomic E-state index is 5.11. The molecule has 0 bridgehead atoms. The Balaban J connectivity index is 1.56. The molecule has 0 radical (unpaired) electrons. The molecule has 0 saturated heterocycles. The number of hydrogen-bond donors (Lipinski definition) is 0. The number of para-hydroxylation sites is 1. The van der Waals surface area contributed by atoms with Crippen molar-refractivity contribution in [3.8, 4) is 22.3 Å². The van der Waals surface area contributed by atoms with Gasteiger partial charge in [0.25, 0.3) is 0 Å². The lowest BCUT2D eigenvalue weighted by molar-refractivity contribution is 1.51. The zero-order valence-corrected chi connectivity index (χ0v) is 18.6. The fourth-order valence-electron chi connectivity index (χ4n) is 5.26. The first-order valence-corrected chi connectivity index (χ1v) is 11.7. The quantitative estimate of drug-likeness (QED) is 0.196. The largest absolute Gasteiger partial charge is 0.247 e. The predicted octanol–water partition coefficient (Wildman–Crippen LogP) is 9.03. The van der Waals surface area contributed by atoms with E-state index in [1.807, 2.05) is 0 Å². The Morgan fingerprint density at radius 2 is 1.06 bits per heavy atom. The third-order valence-electron chi connectivity index (χ3n) is 6.83. The number of rotatable bonds is 2. The number of nitrogens with zero attached hydrogens (tertiary/aromatic N) is 1. The Kier molecular flexibility index (Phi) is 4.22. The van der Waals surface area contributed by atoms with Gasteiger partial charge in [0.1, 0.15) is 0 Å². The minimum absolute atomic E-state index is 1.02. The Bertz CT molecular complexity index is 1860. The molecule has 0 fully saturated rings. The van der Waals surface area contributed by atoms with Crippen LogP contribution in [0.1, 0.15) is 0 Å². The van der Waals surface area contributed by atoms with Crippen LogP contribution < -0.4 is 0 Å². The van der Waals surface area contributed by atoms with Crippen molar-refractivity contribution in [1.29, 1.82) is 0 Å². The van der Waals surface area contributed by atoms with E-state index in [9.17, 15) is 0 Å². The molecule has 34 heavy (non-hydrogen) atoms. The standard InChI is InChI=1S/C33H21N/c1-3-14-26-22(9-1)11-8-17-27(26)24-12-7-13-25(21-24)32-29-16-5-6-18-31(29)34-33-28-15-4-2-10-23(28)19-20-30(32)33/h1-21H. The SMILES string of the molecule is c1cc(-c2cccc3ccccc23)cc(-c2c3ccccc3nc3c2ccc2ccccc23)c1. The summed E-state index contributed by atoms with van der Waals surface area (Å²) in [6.45, 7) is 0. The molecule has 1 heteroatoms. The van der Waals surface area contributed by atoms with E-state index in [-0.39, 0.29) is 0 Å². The number of aromatic nitrogens is 1. The molecule has 7 aromatic rings. The summed E-state index contributed by atoms with van der Waals surface area (Å²) in [5, 5.41) is 7.31. The van der Waals surface area contributed by atoms with E-state index in [1.165, 1.54) is 54.6 Å². The van der Waals surface area contributed by atoms with Gasteiger partial charge >= 0.3 is 0 Å². The second kappa shape index (κ2) is 7.54. The molecule has 6 aromatic carbocycles. The van der Waals surface area contributed by atoms with Gasteiger partial charge in [0.2, 0.25) is 0 Å². The van der Waals surface area contributed by atoms with Crippen LogP contribution in [-0.4, -0.2) is 4.98 Å². The van der Waals surface area contributed by atoms with Crippen LogP contribution in [0, 0.1) is 0 Å². The first-order valence-electron chi connectivity index (χ1n) is 11.7. The van der Waals surface area contributed by atoms with Crippen molar-refractivity contribution in [2.45, 2.75) is 0 Å². The molecule has 158 valence electrons. The molecule has 1 aromatic heterocycles. The summed E-state index contributed by atoms with van der Waals surface area (Å²) in [5.74, 6) is 0. The van der Waals surface area contributed by atoms with Crippen LogP contribution in [-0.2, 0) is 0 Å². The van der Waals surface area contributed by atoms with Gasteiger partial charge in [-0.3, -0.25) is 0 Å². The molecule has 0 N–H and O–H groups in total. The van der Waals surface area contributed by atoms with Gasteiger partial charge in [-0.15, -0.1) is 0 Å². The zero-order valence-electron chi connectivity index (χ0n) is 18.6. The number of hydrogen-bond acceptors (Lipinski definition) is 1. The number of fused-ring (bicyclic) bond motifs is 5. The van der Waals surface area contributed by atoms with Crippen LogP contribution in [0.4, 0.5) is 0 Å². The van der Waals surface area contributed by atoms with Crippen molar-refractivity contribution in [1.82, 2.24) is 4.98 Å². The van der Waals surface area contributed by atoms with Crippen molar-refractivity contribution in [3.05, 3.63) is 127 Å². The van der Waals surface area contributed by atoms with Crippen LogP contribution in [0.2, 0.25) is 0 Å². The van der Waals surface area contributed by atoms with Gasteiger partial charge in [0, 0.05) is 21.7 Å². The predicted molar refractivity (Wildman–Crippen MR) is 145 cm³/mol. The summed E-state index contributed by atoms with van der Waals surface area (Å²) in [7, 11) is 0. The normalized spacial score (nSPS) is 11.5. The maximum Gasteiger partial charge on any atom is 0.0794 e. The van der Waals surface area contributed by atoms with Crippen molar-refractivity contribution in [2.24, 2.45) is 0 Å². The van der Waals surface area contributed by atoms with Crippen molar-refractivity contribution in [2.75, 3.05) is 0 Å². The third-order valence-corrected chi connectivity index (χ3v) is 6.83. The van der Waals surface area contributed by atoms with Gasteiger partial charge in [-0.25, -0.2) is 4.98 Å². The molecule has 0 amide bonds. The molecule has 0 unspecified atom stereocenters. The molecule has 0 aliphatic heterocycles. The summed E-state index contributed by atoms with van der Waals surface area (Å²) in [6, 6.07) is 45.6. The summed E-state index contributed by atoms with van der Waals surface area (Å²) in [5.41, 5.74) is 7.02. The molecule has 0 saturated carbocycles. The van der Waals surface area contributed by atoms with Crippen LogP contribution in [0.5, 0.6) is 0 Å². The average Bonchev–Trinajstić information content (AvgIpc) is 2.91. The number of benzene rings is 6.